The third-order valence-corrected chi connectivity index (χ3v) is 5.24. The highest BCUT2D eigenvalue weighted by Gasteiger charge is 2.19. The number of aromatic nitrogens is 1. The smallest absolute Gasteiger partial charge is 0.340 e. The third kappa shape index (κ3) is 5.43. The van der Waals surface area contributed by atoms with Crippen molar-refractivity contribution in [1.29, 1.82) is 0 Å². The summed E-state index contributed by atoms with van der Waals surface area (Å²) in [5, 5.41) is 5.69. The van der Waals surface area contributed by atoms with Gasteiger partial charge < -0.3 is 10.1 Å². The molecule has 30 heavy (non-hydrogen) atoms. The summed E-state index contributed by atoms with van der Waals surface area (Å²) in [6.45, 7) is 3.48. The maximum Gasteiger partial charge on any atom is 0.340 e. The van der Waals surface area contributed by atoms with Crippen molar-refractivity contribution in [3.8, 4) is 0 Å². The van der Waals surface area contributed by atoms with Crippen molar-refractivity contribution < 1.29 is 19.1 Å². The molecule has 0 spiro atoms. The van der Waals surface area contributed by atoms with E-state index in [0.717, 1.165) is 35.7 Å². The summed E-state index contributed by atoms with van der Waals surface area (Å²) in [5.41, 5.74) is 3.76. The summed E-state index contributed by atoms with van der Waals surface area (Å²) in [5.74, 6) is -1.31. The fourth-order valence-electron chi connectivity index (χ4n) is 3.71. The molecule has 0 unspecified atom stereocenters. The summed E-state index contributed by atoms with van der Waals surface area (Å²) in [6.07, 6.45) is 7.58. The first-order valence-corrected chi connectivity index (χ1v) is 10.2. The van der Waals surface area contributed by atoms with Crippen LogP contribution in [0.4, 0.5) is 4.79 Å². The number of esters is 1. The lowest BCUT2D eigenvalue weighted by atomic mass is 9.97. The van der Waals surface area contributed by atoms with E-state index in [4.69, 9.17) is 4.74 Å². The molecule has 0 saturated carbocycles. The van der Waals surface area contributed by atoms with Crippen LogP contribution in [0.25, 0.3) is 10.9 Å². The number of imide groups is 1. The van der Waals surface area contributed by atoms with Crippen LogP contribution in [0.1, 0.15) is 53.7 Å². The van der Waals surface area contributed by atoms with Gasteiger partial charge in [0.05, 0.1) is 16.8 Å². The molecule has 1 aromatic heterocycles. The number of pyridine rings is 1. The van der Waals surface area contributed by atoms with Gasteiger partial charge >= 0.3 is 12.0 Å². The monoisotopic (exact) mass is 409 g/mol. The second-order valence-corrected chi connectivity index (χ2v) is 7.45. The molecule has 1 aromatic carbocycles. The Bertz CT molecular complexity index is 997. The normalized spacial score (nSPS) is 13.5. The van der Waals surface area contributed by atoms with Crippen molar-refractivity contribution in [3.63, 3.8) is 0 Å². The van der Waals surface area contributed by atoms with Gasteiger partial charge in [0, 0.05) is 11.9 Å². The average Bonchev–Trinajstić information content (AvgIpc) is 2.73. The molecule has 2 N–H and O–H groups in total. The predicted octanol–water partition coefficient (Wildman–Crippen LogP) is 3.72. The quantitative estimate of drug-likeness (QED) is 0.560. The van der Waals surface area contributed by atoms with E-state index in [0.29, 0.717) is 17.8 Å². The van der Waals surface area contributed by atoms with Gasteiger partial charge in [0.15, 0.2) is 6.61 Å². The zero-order valence-electron chi connectivity index (χ0n) is 17.4. The minimum absolute atomic E-state index is 0.340. The van der Waals surface area contributed by atoms with Crippen LogP contribution in [-0.2, 0) is 9.53 Å². The molecule has 0 atom stereocenters. The molecule has 1 heterocycles. The number of ether oxygens (including phenoxy) is 1. The van der Waals surface area contributed by atoms with Gasteiger partial charge in [-0.2, -0.15) is 0 Å². The van der Waals surface area contributed by atoms with Crippen molar-refractivity contribution in [3.05, 3.63) is 52.7 Å². The van der Waals surface area contributed by atoms with Crippen molar-refractivity contribution in [2.24, 2.45) is 0 Å². The number of nitrogens with zero attached hydrogens (tertiary/aromatic N) is 1. The number of aryl methyl sites for hydroxylation is 2. The SMILES string of the molecule is Cc1nc2ccccc2c(C)c1C(=O)OCC(=O)NC(=O)NCCC1=CCCCC1. The Balaban J connectivity index is 1.48. The summed E-state index contributed by atoms with van der Waals surface area (Å²) in [6, 6.07) is 6.92. The predicted molar refractivity (Wildman–Crippen MR) is 114 cm³/mol. The second-order valence-electron chi connectivity index (χ2n) is 7.45. The molecule has 0 saturated heterocycles. The van der Waals surface area contributed by atoms with Gasteiger partial charge in [-0.05, 0) is 57.6 Å². The van der Waals surface area contributed by atoms with Crippen LogP contribution in [-0.4, -0.2) is 36.0 Å². The number of benzene rings is 1. The highest BCUT2D eigenvalue weighted by molar-refractivity contribution is 6.00. The van der Waals surface area contributed by atoms with Crippen LogP contribution in [0.5, 0.6) is 0 Å². The van der Waals surface area contributed by atoms with Crippen molar-refractivity contribution in [2.45, 2.75) is 46.0 Å². The summed E-state index contributed by atoms with van der Waals surface area (Å²) >= 11 is 0. The standard InChI is InChI=1S/C23H27N3O4/c1-15-18-10-6-7-11-19(18)25-16(2)21(15)22(28)30-14-20(27)26-23(29)24-13-12-17-8-4-3-5-9-17/h6-8,10-11H,3-5,9,12-14H2,1-2H3,(H2,24,26,27,29). The maximum atomic E-state index is 12.5. The van der Waals surface area contributed by atoms with Gasteiger partial charge in [-0.3, -0.25) is 15.1 Å². The Morgan fingerprint density at radius 2 is 1.93 bits per heavy atom. The van der Waals surface area contributed by atoms with Gasteiger partial charge in [-0.15, -0.1) is 0 Å². The van der Waals surface area contributed by atoms with E-state index in [1.54, 1.807) is 6.92 Å². The number of urea groups is 1. The summed E-state index contributed by atoms with van der Waals surface area (Å²) in [7, 11) is 0. The number of carbonyl (C=O) groups excluding carboxylic acids is 3. The molecule has 0 fully saturated rings. The Morgan fingerprint density at radius 3 is 2.70 bits per heavy atom. The average molecular weight is 409 g/mol. The molecule has 2 aromatic rings. The van der Waals surface area contributed by atoms with Gasteiger partial charge in [0.25, 0.3) is 5.91 Å². The largest absolute Gasteiger partial charge is 0.452 e. The molecule has 7 heteroatoms. The van der Waals surface area contributed by atoms with Gasteiger partial charge in [0.1, 0.15) is 0 Å². The highest BCUT2D eigenvalue weighted by atomic mass is 16.5. The minimum atomic E-state index is -0.679. The van der Waals surface area contributed by atoms with Crippen molar-refractivity contribution >= 4 is 28.8 Å². The summed E-state index contributed by atoms with van der Waals surface area (Å²) < 4.78 is 5.12. The zero-order chi connectivity index (χ0) is 21.5. The lowest BCUT2D eigenvalue weighted by molar-refractivity contribution is -0.123. The molecular formula is C23H27N3O4. The van der Waals surface area contributed by atoms with E-state index < -0.39 is 24.5 Å². The lowest BCUT2D eigenvalue weighted by Gasteiger charge is -2.13. The molecular weight excluding hydrogens is 382 g/mol. The third-order valence-electron chi connectivity index (χ3n) is 5.24. The molecule has 0 radical (unpaired) electrons. The van der Waals surface area contributed by atoms with Crippen molar-refractivity contribution in [2.75, 3.05) is 13.2 Å². The molecule has 3 amide bonds. The van der Waals surface area contributed by atoms with Crippen LogP contribution < -0.4 is 10.6 Å². The van der Waals surface area contributed by atoms with Gasteiger partial charge in [-0.25, -0.2) is 9.59 Å². The Labute approximate surface area is 175 Å². The maximum absolute atomic E-state index is 12.5. The second kappa shape index (κ2) is 10.0. The van der Waals surface area contributed by atoms with E-state index in [1.807, 2.05) is 31.2 Å². The molecule has 7 nitrogen and oxygen atoms in total. The van der Waals surface area contributed by atoms with Crippen LogP contribution >= 0.6 is 0 Å². The zero-order valence-corrected chi connectivity index (χ0v) is 17.4. The fourth-order valence-corrected chi connectivity index (χ4v) is 3.71. The van der Waals surface area contributed by atoms with E-state index in [-0.39, 0.29) is 0 Å². The van der Waals surface area contributed by atoms with E-state index in [9.17, 15) is 14.4 Å². The van der Waals surface area contributed by atoms with Gasteiger partial charge in [0.2, 0.25) is 0 Å². The first kappa shape index (κ1) is 21.5. The molecule has 3 rings (SSSR count). The van der Waals surface area contributed by atoms with E-state index in [1.165, 1.54) is 18.4 Å². The topological polar surface area (TPSA) is 97.4 Å². The Hall–Kier alpha value is -3.22. The van der Waals surface area contributed by atoms with Crippen molar-refractivity contribution in [1.82, 2.24) is 15.6 Å². The molecule has 1 aliphatic carbocycles. The Morgan fingerprint density at radius 1 is 1.13 bits per heavy atom. The number of hydrogen-bond donors (Lipinski definition) is 2. The first-order chi connectivity index (χ1) is 14.5. The number of carbonyl (C=O) groups is 3. The number of rotatable bonds is 6. The number of hydrogen-bond acceptors (Lipinski definition) is 5. The van der Waals surface area contributed by atoms with Crippen LogP contribution in [0.3, 0.4) is 0 Å². The lowest BCUT2D eigenvalue weighted by Crippen LogP contribution is -2.41. The van der Waals surface area contributed by atoms with Crippen LogP contribution in [0.2, 0.25) is 0 Å². The molecule has 158 valence electrons. The fraction of sp³-hybridized carbons (Fsp3) is 0.391. The van der Waals surface area contributed by atoms with Gasteiger partial charge in [-0.1, -0.05) is 29.8 Å². The number of amides is 3. The van der Waals surface area contributed by atoms with E-state index >= 15 is 0 Å². The molecule has 0 bridgehead atoms. The number of fused-ring (bicyclic) bond motifs is 1. The Kier molecular flexibility index (Phi) is 7.17. The number of nitrogens with one attached hydrogen (secondary N) is 2. The highest BCUT2D eigenvalue weighted by Crippen LogP contribution is 2.23. The molecule has 1 aliphatic rings. The van der Waals surface area contributed by atoms with Crippen LogP contribution in [0.15, 0.2) is 35.9 Å². The minimum Gasteiger partial charge on any atom is -0.452 e. The number of allylic oxidation sites excluding steroid dienone is 1. The van der Waals surface area contributed by atoms with E-state index in [2.05, 4.69) is 21.7 Å². The first-order valence-electron chi connectivity index (χ1n) is 10.2. The molecule has 0 aliphatic heterocycles. The van der Waals surface area contributed by atoms with Crippen LogP contribution in [0, 0.1) is 13.8 Å². The summed E-state index contributed by atoms with van der Waals surface area (Å²) in [4.78, 5) is 40.8. The number of para-hydroxylation sites is 1.